The number of rotatable bonds is 1. The number of hydrogen-bond donors (Lipinski definition) is 1. The third-order valence-corrected chi connectivity index (χ3v) is 3.36. The monoisotopic (exact) mass is 290 g/mol. The molecule has 1 aromatic rings. The summed E-state index contributed by atoms with van der Waals surface area (Å²) in [7, 11) is 0. The quantitative estimate of drug-likeness (QED) is 0.632. The second-order valence-corrected chi connectivity index (χ2v) is 4.33. The lowest BCUT2D eigenvalue weighted by atomic mass is 9.97. The van der Waals surface area contributed by atoms with E-state index in [1.807, 2.05) is 6.07 Å². The Balaban J connectivity index is 2.42. The molecule has 2 heterocycles. The van der Waals surface area contributed by atoms with Gasteiger partial charge in [0.1, 0.15) is 0 Å². The molecule has 2 rings (SSSR count). The molecule has 0 saturated carbocycles. The zero-order valence-corrected chi connectivity index (χ0v) is 9.31. The molecule has 0 saturated heterocycles. The van der Waals surface area contributed by atoms with Gasteiger partial charge in [0.05, 0.1) is 40.9 Å². The molecule has 0 aromatic carbocycles. The Morgan fingerprint density at radius 1 is 1.69 bits per heavy atom. The second kappa shape index (κ2) is 3.79. The Morgan fingerprint density at radius 3 is 3.31 bits per heavy atom. The van der Waals surface area contributed by atoms with Gasteiger partial charge < -0.3 is 8.22 Å². The van der Waals surface area contributed by atoms with Crippen LogP contribution in [0.5, 0.6) is 0 Å². The summed E-state index contributed by atoms with van der Waals surface area (Å²) in [5, 5.41) is 9.16. The van der Waals surface area contributed by atoms with Crippen LogP contribution in [0.2, 0.25) is 0 Å². The molecular weight excluding hydrogens is 279 g/mol. The maximum absolute atomic E-state index is 9.16. The molecule has 1 aliphatic heterocycles. The van der Waals surface area contributed by atoms with Crippen LogP contribution in [0.3, 0.4) is 0 Å². The number of hydrogen-bond acceptors (Lipinski definition) is 3. The van der Waals surface area contributed by atoms with Crippen LogP contribution in [-0.2, 0) is 0 Å². The van der Waals surface area contributed by atoms with Crippen molar-refractivity contribution in [1.82, 2.24) is 4.98 Å². The summed E-state index contributed by atoms with van der Waals surface area (Å²) in [6.07, 6.45) is 2.78. The number of aromatic nitrogens is 1. The van der Waals surface area contributed by atoms with Crippen molar-refractivity contribution in [2.24, 2.45) is 0 Å². The van der Waals surface area contributed by atoms with E-state index in [1.54, 1.807) is 6.20 Å². The smallest absolute Gasteiger partial charge is 0.0698 e. The van der Waals surface area contributed by atoms with Crippen molar-refractivity contribution in [3.63, 3.8) is 0 Å². The maximum Gasteiger partial charge on any atom is 0.0698 e. The van der Waals surface area contributed by atoms with Gasteiger partial charge in [0.2, 0.25) is 0 Å². The van der Waals surface area contributed by atoms with E-state index in [4.69, 9.17) is 5.11 Å². The van der Waals surface area contributed by atoms with Gasteiger partial charge in [-0.3, -0.25) is 4.98 Å². The molecule has 70 valence electrons. The molecule has 4 heteroatoms. The molecule has 1 unspecified atom stereocenters. The van der Waals surface area contributed by atoms with Gasteiger partial charge in [0.25, 0.3) is 0 Å². The largest absolute Gasteiger partial charge is 0.396 e. The number of halogens is 1. The van der Waals surface area contributed by atoms with Crippen molar-refractivity contribution < 1.29 is 5.11 Å². The average molecular weight is 290 g/mol. The van der Waals surface area contributed by atoms with Crippen molar-refractivity contribution >= 4 is 28.6 Å². The SMILES string of the molecule is OCC1CCN(I)c2cccnc21. The van der Waals surface area contributed by atoms with Crippen molar-refractivity contribution in [3.8, 4) is 0 Å². The first-order valence-corrected chi connectivity index (χ1v) is 5.28. The van der Waals surface area contributed by atoms with Gasteiger partial charge in [-0.05, 0) is 18.6 Å². The molecular formula is C9H11IN2O. The molecule has 1 atom stereocenters. The lowest BCUT2D eigenvalue weighted by Crippen LogP contribution is -2.24. The minimum absolute atomic E-state index is 0.203. The van der Waals surface area contributed by atoms with Gasteiger partial charge in [0, 0.05) is 18.7 Å². The van der Waals surface area contributed by atoms with E-state index in [0.29, 0.717) is 0 Å². The van der Waals surface area contributed by atoms with Gasteiger partial charge in [-0.1, -0.05) is 0 Å². The first-order valence-electron chi connectivity index (χ1n) is 4.32. The minimum atomic E-state index is 0.203. The molecule has 0 amide bonds. The maximum atomic E-state index is 9.16. The highest BCUT2D eigenvalue weighted by Crippen LogP contribution is 2.34. The first-order chi connectivity index (χ1) is 6.33. The first kappa shape index (κ1) is 9.21. The highest BCUT2D eigenvalue weighted by atomic mass is 127. The van der Waals surface area contributed by atoms with Crippen LogP contribution in [0.25, 0.3) is 0 Å². The predicted octanol–water partition coefficient (Wildman–Crippen LogP) is 1.72. The van der Waals surface area contributed by atoms with Crippen molar-refractivity contribution in [2.45, 2.75) is 12.3 Å². The molecule has 0 aliphatic carbocycles. The number of anilines is 1. The van der Waals surface area contributed by atoms with Crippen LogP contribution in [0, 0.1) is 0 Å². The van der Waals surface area contributed by atoms with Crippen molar-refractivity contribution in [3.05, 3.63) is 24.0 Å². The molecule has 1 aromatic heterocycles. The van der Waals surface area contributed by atoms with Crippen LogP contribution in [-0.4, -0.2) is 23.2 Å². The summed E-state index contributed by atoms with van der Waals surface area (Å²) in [6.45, 7) is 1.19. The molecule has 0 spiro atoms. The van der Waals surface area contributed by atoms with E-state index in [1.165, 1.54) is 0 Å². The highest BCUT2D eigenvalue weighted by molar-refractivity contribution is 14.1. The van der Waals surface area contributed by atoms with Gasteiger partial charge in [-0.15, -0.1) is 0 Å². The van der Waals surface area contributed by atoms with Crippen molar-refractivity contribution in [1.29, 1.82) is 0 Å². The molecule has 0 fully saturated rings. The molecule has 0 radical (unpaired) electrons. The molecule has 13 heavy (non-hydrogen) atoms. The topological polar surface area (TPSA) is 36.4 Å². The summed E-state index contributed by atoms with van der Waals surface area (Å²) in [5.74, 6) is 0.224. The van der Waals surface area contributed by atoms with Crippen LogP contribution in [0.1, 0.15) is 18.0 Å². The highest BCUT2D eigenvalue weighted by Gasteiger charge is 2.23. The van der Waals surface area contributed by atoms with E-state index in [2.05, 4.69) is 37.0 Å². The standard InChI is InChI=1S/C9H11IN2O/c10-12-5-3-7(6-13)9-8(12)2-1-4-11-9/h1-2,4,7,13H,3,5-6H2. The lowest BCUT2D eigenvalue weighted by molar-refractivity contribution is 0.256. The van der Waals surface area contributed by atoms with Crippen LogP contribution in [0.4, 0.5) is 5.69 Å². The van der Waals surface area contributed by atoms with Gasteiger partial charge in [-0.2, -0.15) is 0 Å². The molecule has 1 aliphatic rings. The Hall–Kier alpha value is -0.360. The second-order valence-electron chi connectivity index (χ2n) is 3.16. The number of aliphatic hydroxyl groups is 1. The van der Waals surface area contributed by atoms with Gasteiger partial charge in [-0.25, -0.2) is 0 Å². The summed E-state index contributed by atoms with van der Waals surface area (Å²) < 4.78 is 2.16. The normalized spacial score (nSPS) is 21.4. The molecule has 3 nitrogen and oxygen atoms in total. The number of nitrogens with zero attached hydrogens (tertiary/aromatic N) is 2. The van der Waals surface area contributed by atoms with E-state index in [0.717, 1.165) is 24.3 Å². The van der Waals surface area contributed by atoms with Gasteiger partial charge in [0.15, 0.2) is 0 Å². The summed E-state index contributed by atoms with van der Waals surface area (Å²) in [5.41, 5.74) is 2.18. The summed E-state index contributed by atoms with van der Waals surface area (Å²) in [4.78, 5) is 4.32. The van der Waals surface area contributed by atoms with E-state index >= 15 is 0 Å². The Morgan fingerprint density at radius 2 is 2.54 bits per heavy atom. The fourth-order valence-corrected chi connectivity index (χ4v) is 2.32. The summed E-state index contributed by atoms with van der Waals surface area (Å²) >= 11 is 2.29. The van der Waals surface area contributed by atoms with E-state index < -0.39 is 0 Å². The van der Waals surface area contributed by atoms with Crippen LogP contribution >= 0.6 is 22.9 Å². The summed E-state index contributed by atoms with van der Waals surface area (Å²) in [6, 6.07) is 3.99. The zero-order valence-electron chi connectivity index (χ0n) is 7.15. The number of pyridine rings is 1. The third kappa shape index (κ3) is 1.65. The average Bonchev–Trinajstić information content (AvgIpc) is 2.19. The fraction of sp³-hybridized carbons (Fsp3) is 0.444. The number of fused-ring (bicyclic) bond motifs is 1. The minimum Gasteiger partial charge on any atom is -0.396 e. The van der Waals surface area contributed by atoms with E-state index in [-0.39, 0.29) is 12.5 Å². The van der Waals surface area contributed by atoms with Crippen LogP contribution in [0.15, 0.2) is 18.3 Å². The van der Waals surface area contributed by atoms with Crippen LogP contribution < -0.4 is 3.11 Å². The molecule has 0 bridgehead atoms. The zero-order chi connectivity index (χ0) is 9.26. The molecule has 1 N–H and O–H groups in total. The van der Waals surface area contributed by atoms with E-state index in [9.17, 15) is 0 Å². The predicted molar refractivity (Wildman–Crippen MR) is 60.0 cm³/mol. The third-order valence-electron chi connectivity index (χ3n) is 2.36. The van der Waals surface area contributed by atoms with Crippen molar-refractivity contribution in [2.75, 3.05) is 16.3 Å². The fourth-order valence-electron chi connectivity index (χ4n) is 1.63. The van der Waals surface area contributed by atoms with Gasteiger partial charge >= 0.3 is 0 Å². The Kier molecular flexibility index (Phi) is 2.69. The Bertz CT molecular complexity index is 305. The Labute approximate surface area is 91.3 Å². The number of aliphatic hydroxyl groups excluding tert-OH is 1. The lowest BCUT2D eigenvalue weighted by Gasteiger charge is -2.29.